The highest BCUT2D eigenvalue weighted by atomic mass is 16.6. The number of rotatable bonds is 11. The summed E-state index contributed by atoms with van der Waals surface area (Å²) in [4.78, 5) is 41.6. The van der Waals surface area contributed by atoms with Gasteiger partial charge < -0.3 is 28.8 Å². The zero-order valence-electron chi connectivity index (χ0n) is 30.1. The van der Waals surface area contributed by atoms with E-state index in [4.69, 9.17) is 23.7 Å². The maximum absolute atomic E-state index is 13.7. The van der Waals surface area contributed by atoms with E-state index in [9.17, 15) is 19.5 Å². The Morgan fingerprint density at radius 2 is 1.42 bits per heavy atom. The SMILES string of the molecule is COc1ccc(C(OC[C@@]23O[C@@H](n4cc(C)c(=O)[nH]c4=O)[C@@H]([C@H](C)[C@@H]2OC(=O)c2ccc(C)cc2)[C@H]3O)(c2ccccc2)c2ccc(OC)cc2)cc1. The molecular weight excluding hydrogens is 676 g/mol. The summed E-state index contributed by atoms with van der Waals surface area (Å²) in [5.41, 5.74) is -0.253. The van der Waals surface area contributed by atoms with Gasteiger partial charge in [-0.1, -0.05) is 79.2 Å². The number of aliphatic hydroxyl groups is 1. The molecule has 53 heavy (non-hydrogen) atoms. The van der Waals surface area contributed by atoms with Gasteiger partial charge >= 0.3 is 11.7 Å². The Morgan fingerprint density at radius 1 is 0.849 bits per heavy atom. The number of carbonyl (C=O) groups is 1. The smallest absolute Gasteiger partial charge is 0.338 e. The number of hydrogen-bond donors (Lipinski definition) is 2. The molecule has 2 fully saturated rings. The number of carbonyl (C=O) groups excluding carboxylic acids is 1. The van der Waals surface area contributed by atoms with Gasteiger partial charge in [0.25, 0.3) is 5.56 Å². The molecule has 0 radical (unpaired) electrons. The first kappa shape index (κ1) is 35.9. The summed E-state index contributed by atoms with van der Waals surface area (Å²) in [6.45, 7) is 5.10. The Hall–Kier alpha value is -5.49. The van der Waals surface area contributed by atoms with Gasteiger partial charge in [-0.05, 0) is 66.9 Å². The van der Waals surface area contributed by atoms with Crippen LogP contribution in [0.15, 0.2) is 119 Å². The molecular formula is C42H42N2O9. The fraction of sp³-hybridized carbons (Fsp3) is 0.310. The molecule has 1 aliphatic heterocycles. The molecule has 5 aromatic rings. The molecule has 2 aliphatic rings. The largest absolute Gasteiger partial charge is 0.497 e. The lowest BCUT2D eigenvalue weighted by Crippen LogP contribution is -2.56. The minimum atomic E-state index is -1.66. The Labute approximate surface area is 306 Å². The average molecular weight is 719 g/mol. The van der Waals surface area contributed by atoms with Crippen molar-refractivity contribution in [3.63, 3.8) is 0 Å². The molecule has 0 unspecified atom stereocenters. The lowest BCUT2D eigenvalue weighted by molar-refractivity contribution is -0.222. The number of esters is 1. The molecule has 1 saturated carbocycles. The van der Waals surface area contributed by atoms with Gasteiger partial charge in [0, 0.05) is 23.6 Å². The fourth-order valence-corrected chi connectivity index (χ4v) is 7.88. The highest BCUT2D eigenvalue weighted by Gasteiger charge is 2.71. The normalized spacial score (nSPS) is 23.5. The number of hydrogen-bond acceptors (Lipinski definition) is 9. The molecule has 1 aromatic heterocycles. The van der Waals surface area contributed by atoms with Gasteiger partial charge in [0.15, 0.2) is 5.60 Å². The second-order valence-electron chi connectivity index (χ2n) is 13.8. The number of nitrogens with one attached hydrogen (secondary N) is 1. The van der Waals surface area contributed by atoms with Crippen molar-refractivity contribution in [1.29, 1.82) is 0 Å². The molecule has 0 spiro atoms. The van der Waals surface area contributed by atoms with E-state index >= 15 is 0 Å². The highest BCUT2D eigenvalue weighted by molar-refractivity contribution is 5.89. The van der Waals surface area contributed by atoms with Crippen molar-refractivity contribution in [3.05, 3.63) is 164 Å². The number of nitrogens with zero attached hydrogens (tertiary/aromatic N) is 1. The second kappa shape index (κ2) is 14.1. The summed E-state index contributed by atoms with van der Waals surface area (Å²) in [5, 5.41) is 12.3. The second-order valence-corrected chi connectivity index (χ2v) is 13.8. The molecule has 4 aromatic carbocycles. The van der Waals surface area contributed by atoms with E-state index in [1.54, 1.807) is 33.3 Å². The van der Waals surface area contributed by atoms with Crippen molar-refractivity contribution >= 4 is 5.97 Å². The first-order valence-electron chi connectivity index (χ1n) is 17.5. The predicted molar refractivity (Wildman–Crippen MR) is 196 cm³/mol. The van der Waals surface area contributed by atoms with Gasteiger partial charge in [-0.2, -0.15) is 0 Å². The molecule has 7 rings (SSSR count). The van der Waals surface area contributed by atoms with Crippen LogP contribution in [0.3, 0.4) is 0 Å². The van der Waals surface area contributed by atoms with Crippen LogP contribution in [-0.4, -0.2) is 59.3 Å². The van der Waals surface area contributed by atoms with E-state index in [0.717, 1.165) is 22.3 Å². The number of fused-ring (bicyclic) bond motifs is 2. The van der Waals surface area contributed by atoms with E-state index < -0.39 is 58.7 Å². The number of aliphatic hydroxyl groups excluding tert-OH is 1. The quantitative estimate of drug-likeness (QED) is 0.138. The van der Waals surface area contributed by atoms with Crippen LogP contribution in [0.1, 0.15) is 51.3 Å². The number of methoxy groups -OCH3 is 2. The molecule has 2 heterocycles. The van der Waals surface area contributed by atoms with Crippen molar-refractivity contribution in [1.82, 2.24) is 9.55 Å². The molecule has 6 atom stereocenters. The summed E-state index contributed by atoms with van der Waals surface area (Å²) in [7, 11) is 3.19. The average Bonchev–Trinajstić information content (AvgIpc) is 3.57. The zero-order chi connectivity index (χ0) is 37.5. The monoisotopic (exact) mass is 718 g/mol. The van der Waals surface area contributed by atoms with E-state index in [-0.39, 0.29) is 6.61 Å². The van der Waals surface area contributed by atoms with Crippen LogP contribution in [0.4, 0.5) is 0 Å². The van der Waals surface area contributed by atoms with Crippen molar-refractivity contribution < 1.29 is 33.6 Å². The lowest BCUT2D eigenvalue weighted by atomic mass is 9.79. The molecule has 274 valence electrons. The van der Waals surface area contributed by atoms with Gasteiger partial charge in [-0.3, -0.25) is 14.3 Å². The van der Waals surface area contributed by atoms with E-state index in [1.165, 1.54) is 10.8 Å². The first-order valence-corrected chi connectivity index (χ1v) is 17.5. The topological polar surface area (TPSA) is 138 Å². The third-order valence-corrected chi connectivity index (χ3v) is 10.7. The van der Waals surface area contributed by atoms with Crippen LogP contribution in [0.25, 0.3) is 0 Å². The predicted octanol–water partition coefficient (Wildman–Crippen LogP) is 5.30. The Morgan fingerprint density at radius 3 is 1.98 bits per heavy atom. The molecule has 11 heteroatoms. The van der Waals surface area contributed by atoms with Gasteiger partial charge in [0.05, 0.1) is 32.5 Å². The third kappa shape index (κ3) is 6.14. The summed E-state index contributed by atoms with van der Waals surface area (Å²) in [6, 6.07) is 31.7. The Kier molecular flexibility index (Phi) is 9.58. The van der Waals surface area contributed by atoms with Crippen LogP contribution in [-0.2, 0) is 19.8 Å². The van der Waals surface area contributed by atoms with Crippen molar-refractivity contribution in [2.24, 2.45) is 11.8 Å². The van der Waals surface area contributed by atoms with E-state index in [1.807, 2.05) is 105 Å². The minimum Gasteiger partial charge on any atom is -0.497 e. The molecule has 1 saturated heterocycles. The maximum atomic E-state index is 13.7. The lowest BCUT2D eigenvalue weighted by Gasteiger charge is -2.43. The van der Waals surface area contributed by atoms with E-state index in [0.29, 0.717) is 22.6 Å². The Balaban J connectivity index is 1.38. The molecule has 0 amide bonds. The highest BCUT2D eigenvalue weighted by Crippen LogP contribution is 2.57. The summed E-state index contributed by atoms with van der Waals surface area (Å²) >= 11 is 0. The van der Waals surface area contributed by atoms with Crippen LogP contribution < -0.4 is 20.7 Å². The number of aromatic nitrogens is 2. The number of benzene rings is 4. The van der Waals surface area contributed by atoms with Crippen LogP contribution in [0.5, 0.6) is 11.5 Å². The van der Waals surface area contributed by atoms with Crippen molar-refractivity contribution in [2.75, 3.05) is 20.8 Å². The van der Waals surface area contributed by atoms with Crippen LogP contribution in [0, 0.1) is 25.7 Å². The number of aromatic amines is 1. The summed E-state index contributed by atoms with van der Waals surface area (Å²) < 4.78 is 32.6. The molecule has 2 bridgehead atoms. The van der Waals surface area contributed by atoms with Gasteiger partial charge in [-0.25, -0.2) is 9.59 Å². The molecule has 1 aliphatic carbocycles. The molecule has 2 N–H and O–H groups in total. The van der Waals surface area contributed by atoms with Gasteiger partial charge in [0.1, 0.15) is 29.4 Å². The Bertz CT molecular complexity index is 2150. The fourth-order valence-electron chi connectivity index (χ4n) is 7.88. The summed E-state index contributed by atoms with van der Waals surface area (Å²) in [5.74, 6) is -0.505. The maximum Gasteiger partial charge on any atom is 0.338 e. The number of aryl methyl sites for hydroxylation is 2. The standard InChI is InChI=1S/C42H42N2O9/c1-25-11-13-28(14-12-25)39(47)52-36-27(3)34-35(45)41(36,53-38(34)44-23-26(2)37(46)43-40(44)48)24-51-42(29-9-7-6-8-10-29,30-15-19-32(49-4)20-16-30)31-17-21-33(50-5)22-18-31/h6-23,27,34-36,38,45H,24H2,1-5H3,(H,43,46,48)/t27-,34-,35+,36-,38+,41-/m0/s1. The number of ether oxygens (including phenoxy) is 5. The van der Waals surface area contributed by atoms with Crippen LogP contribution in [0.2, 0.25) is 0 Å². The van der Waals surface area contributed by atoms with Gasteiger partial charge in [0.2, 0.25) is 0 Å². The summed E-state index contributed by atoms with van der Waals surface area (Å²) in [6.07, 6.45) is -1.82. The van der Waals surface area contributed by atoms with Crippen molar-refractivity contribution in [2.45, 2.75) is 50.4 Å². The van der Waals surface area contributed by atoms with Crippen LogP contribution >= 0.6 is 0 Å². The van der Waals surface area contributed by atoms with Gasteiger partial charge in [-0.15, -0.1) is 0 Å². The number of H-pyrrole nitrogens is 1. The first-order chi connectivity index (χ1) is 25.5. The third-order valence-electron chi connectivity index (χ3n) is 10.7. The minimum absolute atomic E-state index is 0.276. The van der Waals surface area contributed by atoms with Crippen molar-refractivity contribution in [3.8, 4) is 11.5 Å². The zero-order valence-corrected chi connectivity index (χ0v) is 30.1. The molecule has 11 nitrogen and oxygen atoms in total. The van der Waals surface area contributed by atoms with E-state index in [2.05, 4.69) is 4.98 Å².